The Morgan fingerprint density at radius 3 is 2.49 bits per heavy atom. The first kappa shape index (κ1) is 25.4. The lowest BCUT2D eigenvalue weighted by Gasteiger charge is -2.38. The van der Waals surface area contributed by atoms with Crippen LogP contribution >= 0.6 is 11.3 Å². The number of hydrogen-bond acceptors (Lipinski definition) is 6. The largest absolute Gasteiger partial charge is 0.446 e. The number of benzene rings is 1. The smallest absolute Gasteiger partial charge is 0.407 e. The van der Waals surface area contributed by atoms with Crippen LogP contribution in [0.4, 0.5) is 10.5 Å². The number of thiophene rings is 1. The maximum Gasteiger partial charge on any atom is 0.407 e. The number of nitrogens with two attached hydrogens (primary N) is 1. The molecule has 37 heavy (non-hydrogen) atoms. The summed E-state index contributed by atoms with van der Waals surface area (Å²) < 4.78 is 5.35. The fourth-order valence-electron chi connectivity index (χ4n) is 5.35. The number of nitrogens with one attached hydrogen (secondary N) is 2. The molecule has 2 aliphatic carbocycles. The van der Waals surface area contributed by atoms with E-state index in [2.05, 4.69) is 46.3 Å². The lowest BCUT2D eigenvalue weighted by Crippen LogP contribution is -2.43. The average molecular weight is 519 g/mol. The molecule has 4 N–H and O–H groups in total. The van der Waals surface area contributed by atoms with E-state index in [1.54, 1.807) is 24.6 Å². The predicted molar refractivity (Wildman–Crippen MR) is 147 cm³/mol. The second-order valence-corrected chi connectivity index (χ2v) is 11.0. The van der Waals surface area contributed by atoms with Gasteiger partial charge in [-0.15, -0.1) is 0 Å². The molecule has 1 aromatic carbocycles. The second-order valence-electron chi connectivity index (χ2n) is 10.3. The van der Waals surface area contributed by atoms with Gasteiger partial charge in [-0.25, -0.2) is 4.79 Å². The van der Waals surface area contributed by atoms with Crippen LogP contribution in [0.3, 0.4) is 0 Å². The number of rotatable bonds is 7. The van der Waals surface area contributed by atoms with Crippen molar-refractivity contribution in [2.75, 3.05) is 12.4 Å². The van der Waals surface area contributed by atoms with Gasteiger partial charge in [0.05, 0.1) is 17.6 Å². The SMILES string of the molecule is CNC(=O)O[C@H]1CC[C@H](CC(=O)Nc2cnc(-c3ccc(C4(N)CCC4)cc3)c(-c3ccsc3)c2)CC1. The van der Waals surface area contributed by atoms with Crippen molar-refractivity contribution in [3.63, 3.8) is 0 Å². The molecule has 0 radical (unpaired) electrons. The lowest BCUT2D eigenvalue weighted by atomic mass is 9.72. The van der Waals surface area contributed by atoms with Crippen molar-refractivity contribution in [3.05, 3.63) is 58.9 Å². The highest BCUT2D eigenvalue weighted by molar-refractivity contribution is 7.08. The maximum atomic E-state index is 12.9. The number of hydrogen-bond donors (Lipinski definition) is 3. The van der Waals surface area contributed by atoms with Gasteiger partial charge in [0, 0.05) is 30.1 Å². The standard InChI is InChI=1S/C29H34N4O3S/c1-31-28(35)36-24-9-3-19(4-10-24)15-26(34)33-23-16-25(21-11-14-37-18-21)27(32-17-23)20-5-7-22(8-6-20)29(30)12-2-13-29/h5-8,11,14,16-19,24H,2-4,9-10,12-13,15,30H2,1H3,(H,31,35)(H,33,34)/t19-,24-. The topological polar surface area (TPSA) is 106 Å². The van der Waals surface area contributed by atoms with Gasteiger partial charge in [-0.05, 0) is 84.9 Å². The first-order valence-electron chi connectivity index (χ1n) is 13.0. The molecule has 0 bridgehead atoms. The van der Waals surface area contributed by atoms with Crippen LogP contribution < -0.4 is 16.4 Å². The zero-order chi connectivity index (χ0) is 25.8. The van der Waals surface area contributed by atoms with Crippen molar-refractivity contribution in [1.82, 2.24) is 10.3 Å². The fraction of sp³-hybridized carbons (Fsp3) is 0.414. The van der Waals surface area contributed by atoms with Gasteiger partial charge in [0.15, 0.2) is 0 Å². The minimum atomic E-state index is -0.392. The normalized spacial score (nSPS) is 20.5. The van der Waals surface area contributed by atoms with Crippen molar-refractivity contribution in [1.29, 1.82) is 0 Å². The van der Waals surface area contributed by atoms with Crippen LogP contribution in [-0.4, -0.2) is 30.1 Å². The van der Waals surface area contributed by atoms with Gasteiger partial charge >= 0.3 is 6.09 Å². The summed E-state index contributed by atoms with van der Waals surface area (Å²) in [7, 11) is 1.56. The first-order valence-corrected chi connectivity index (χ1v) is 14.0. The molecule has 8 heteroatoms. The van der Waals surface area contributed by atoms with Gasteiger partial charge < -0.3 is 21.1 Å². The molecule has 5 rings (SSSR count). The number of aromatic nitrogens is 1. The molecule has 2 aromatic heterocycles. The summed E-state index contributed by atoms with van der Waals surface area (Å²) in [5.74, 6) is 0.271. The van der Waals surface area contributed by atoms with Crippen LogP contribution in [-0.2, 0) is 15.1 Å². The molecule has 7 nitrogen and oxygen atoms in total. The van der Waals surface area contributed by atoms with Crippen molar-refractivity contribution in [3.8, 4) is 22.4 Å². The van der Waals surface area contributed by atoms with Gasteiger partial charge in [0.1, 0.15) is 6.10 Å². The molecule has 2 saturated carbocycles. The Morgan fingerprint density at radius 1 is 1.11 bits per heavy atom. The molecular weight excluding hydrogens is 484 g/mol. The molecule has 0 saturated heterocycles. The van der Waals surface area contributed by atoms with E-state index in [-0.39, 0.29) is 23.5 Å². The van der Waals surface area contributed by atoms with E-state index in [0.29, 0.717) is 12.1 Å². The molecule has 0 spiro atoms. The molecular formula is C29H34N4O3S. The number of pyridine rings is 1. The zero-order valence-corrected chi connectivity index (χ0v) is 22.0. The van der Waals surface area contributed by atoms with Crippen LogP contribution in [0.1, 0.15) is 56.9 Å². The van der Waals surface area contributed by atoms with Crippen LogP contribution in [0.25, 0.3) is 22.4 Å². The molecule has 2 heterocycles. The number of amides is 2. The second kappa shape index (κ2) is 11.0. The number of nitrogens with zero attached hydrogens (tertiary/aromatic N) is 1. The molecule has 2 aliphatic rings. The van der Waals surface area contributed by atoms with E-state index in [4.69, 9.17) is 15.5 Å². The highest BCUT2D eigenvalue weighted by atomic mass is 32.1. The van der Waals surface area contributed by atoms with E-state index in [0.717, 1.165) is 60.9 Å². The number of carbonyl (C=O) groups excluding carboxylic acids is 2. The summed E-state index contributed by atoms with van der Waals surface area (Å²) in [5.41, 5.74) is 12.2. The van der Waals surface area contributed by atoms with Crippen molar-refractivity contribution >= 4 is 29.0 Å². The molecule has 194 valence electrons. The number of carbonyl (C=O) groups is 2. The molecule has 0 unspecified atom stereocenters. The Labute approximate surface area is 221 Å². The Morgan fingerprint density at radius 2 is 1.86 bits per heavy atom. The summed E-state index contributed by atoms with van der Waals surface area (Å²) in [6.45, 7) is 0. The predicted octanol–water partition coefficient (Wildman–Crippen LogP) is 6.06. The third-order valence-corrected chi connectivity index (χ3v) is 8.41. The minimum Gasteiger partial charge on any atom is -0.446 e. The third kappa shape index (κ3) is 5.86. The van der Waals surface area contributed by atoms with E-state index >= 15 is 0 Å². The number of alkyl carbamates (subject to hydrolysis) is 1. The molecule has 3 aromatic rings. The van der Waals surface area contributed by atoms with Gasteiger partial charge in [0.25, 0.3) is 0 Å². The maximum absolute atomic E-state index is 12.9. The quantitative estimate of drug-likeness (QED) is 0.353. The summed E-state index contributed by atoms with van der Waals surface area (Å²) in [4.78, 5) is 29.1. The summed E-state index contributed by atoms with van der Waals surface area (Å²) in [6.07, 6.45) is 8.28. The van der Waals surface area contributed by atoms with Crippen molar-refractivity contribution in [2.24, 2.45) is 11.7 Å². The van der Waals surface area contributed by atoms with Crippen LogP contribution in [0.15, 0.2) is 53.4 Å². The molecule has 0 atom stereocenters. The minimum absolute atomic E-state index is 0.0143. The van der Waals surface area contributed by atoms with E-state index in [1.807, 2.05) is 11.4 Å². The van der Waals surface area contributed by atoms with Gasteiger partial charge in [-0.1, -0.05) is 24.3 Å². The van der Waals surface area contributed by atoms with Crippen LogP contribution in [0.2, 0.25) is 0 Å². The first-order chi connectivity index (χ1) is 17.9. The Balaban J connectivity index is 1.26. The summed E-state index contributed by atoms with van der Waals surface area (Å²) in [5, 5.41) is 9.69. The van der Waals surface area contributed by atoms with E-state index < -0.39 is 6.09 Å². The summed E-state index contributed by atoms with van der Waals surface area (Å²) in [6, 6.07) is 12.5. The van der Waals surface area contributed by atoms with Crippen LogP contribution in [0.5, 0.6) is 0 Å². The van der Waals surface area contributed by atoms with Crippen molar-refractivity contribution in [2.45, 2.75) is 63.0 Å². The average Bonchev–Trinajstić information content (AvgIpc) is 3.43. The monoisotopic (exact) mass is 518 g/mol. The molecule has 0 aliphatic heterocycles. The third-order valence-electron chi connectivity index (χ3n) is 7.73. The summed E-state index contributed by atoms with van der Waals surface area (Å²) >= 11 is 1.64. The highest BCUT2D eigenvalue weighted by Crippen LogP contribution is 2.40. The van der Waals surface area contributed by atoms with Gasteiger partial charge in [-0.3, -0.25) is 9.78 Å². The van der Waals surface area contributed by atoms with E-state index in [9.17, 15) is 9.59 Å². The van der Waals surface area contributed by atoms with E-state index in [1.165, 1.54) is 12.0 Å². The Hall–Kier alpha value is -3.23. The zero-order valence-electron chi connectivity index (χ0n) is 21.2. The fourth-order valence-corrected chi connectivity index (χ4v) is 6.00. The molecule has 2 fully saturated rings. The Bertz CT molecular complexity index is 1230. The van der Waals surface area contributed by atoms with Crippen LogP contribution in [0, 0.1) is 5.92 Å². The van der Waals surface area contributed by atoms with Gasteiger partial charge in [0.2, 0.25) is 5.91 Å². The van der Waals surface area contributed by atoms with Crippen molar-refractivity contribution < 1.29 is 14.3 Å². The molecule has 2 amide bonds. The Kier molecular flexibility index (Phi) is 7.58. The highest BCUT2D eigenvalue weighted by Gasteiger charge is 2.34. The van der Waals surface area contributed by atoms with Gasteiger partial charge in [-0.2, -0.15) is 11.3 Å². The number of anilines is 1. The number of ether oxygens (including phenoxy) is 1. The lowest BCUT2D eigenvalue weighted by molar-refractivity contribution is -0.117.